The van der Waals surface area contributed by atoms with Crippen LogP contribution in [0.15, 0.2) is 45.8 Å². The van der Waals surface area contributed by atoms with Gasteiger partial charge in [-0.25, -0.2) is 0 Å². The van der Waals surface area contributed by atoms with Crippen LogP contribution in [0.5, 0.6) is 0 Å². The fourth-order valence-corrected chi connectivity index (χ4v) is 4.09. The molecule has 0 unspecified atom stereocenters. The molecule has 1 aromatic carbocycles. The van der Waals surface area contributed by atoms with Gasteiger partial charge in [-0.15, -0.1) is 10.2 Å². The quantitative estimate of drug-likeness (QED) is 0.482. The van der Waals surface area contributed by atoms with Crippen molar-refractivity contribution >= 4 is 40.0 Å². The van der Waals surface area contributed by atoms with E-state index in [2.05, 4.69) is 26.8 Å². The maximum Gasteiger partial charge on any atom is 0.234 e. The van der Waals surface area contributed by atoms with Crippen molar-refractivity contribution in [2.24, 2.45) is 0 Å². The maximum absolute atomic E-state index is 12.5. The van der Waals surface area contributed by atoms with Crippen LogP contribution in [0.1, 0.15) is 31.0 Å². The fraction of sp³-hybridized carbons (Fsp3) is 0.286. The van der Waals surface area contributed by atoms with Gasteiger partial charge < -0.3 is 9.73 Å². The second kappa shape index (κ2) is 7.67. The lowest BCUT2D eigenvalue weighted by atomic mass is 10.1. The molecule has 0 aliphatic heterocycles. The third kappa shape index (κ3) is 3.38. The number of amides is 1. The van der Waals surface area contributed by atoms with Crippen LogP contribution >= 0.6 is 11.8 Å². The smallest absolute Gasteiger partial charge is 0.234 e. The topological polar surface area (TPSA) is 72.4 Å². The second-order valence-corrected chi connectivity index (χ2v) is 7.56. The standard InChI is InChI=1S/C21H22N4O2S/c1-4-14-8-6-7-9-15(14)22-20(26)12-28-21-17-11-18-16(10-13(3)27-18)25(17)19(5-2)23-24-21/h6-11H,4-5,12H2,1-3H3,(H,22,26). The highest BCUT2D eigenvalue weighted by molar-refractivity contribution is 8.00. The number of anilines is 1. The molecular formula is C21H22N4O2S. The zero-order valence-corrected chi connectivity index (χ0v) is 17.0. The SMILES string of the molecule is CCc1ccccc1NC(=O)CSc1nnc(CC)n2c1cc1oc(C)cc12. The van der Waals surface area contributed by atoms with Crippen molar-refractivity contribution in [3.05, 3.63) is 53.5 Å². The molecule has 4 rings (SSSR count). The number of nitrogens with one attached hydrogen (secondary N) is 1. The van der Waals surface area contributed by atoms with Crippen molar-refractivity contribution in [3.63, 3.8) is 0 Å². The van der Waals surface area contributed by atoms with Gasteiger partial charge in [-0.3, -0.25) is 9.20 Å². The Morgan fingerprint density at radius 3 is 2.75 bits per heavy atom. The number of nitrogens with zero attached hydrogens (tertiary/aromatic N) is 3. The van der Waals surface area contributed by atoms with Crippen molar-refractivity contribution in [1.82, 2.24) is 14.6 Å². The summed E-state index contributed by atoms with van der Waals surface area (Å²) in [5.41, 5.74) is 4.71. The molecule has 0 atom stereocenters. The van der Waals surface area contributed by atoms with E-state index in [4.69, 9.17) is 4.42 Å². The molecule has 0 fully saturated rings. The van der Waals surface area contributed by atoms with E-state index in [1.54, 1.807) is 0 Å². The molecule has 0 spiro atoms. The molecule has 1 amide bonds. The molecule has 0 bridgehead atoms. The first kappa shape index (κ1) is 18.6. The Bertz CT molecular complexity index is 1160. The van der Waals surface area contributed by atoms with Crippen LogP contribution < -0.4 is 5.32 Å². The number of hydrogen-bond acceptors (Lipinski definition) is 5. The molecule has 1 N–H and O–H groups in total. The third-order valence-electron chi connectivity index (χ3n) is 4.68. The highest BCUT2D eigenvalue weighted by atomic mass is 32.2. The Kier molecular flexibility index (Phi) is 5.09. The summed E-state index contributed by atoms with van der Waals surface area (Å²) >= 11 is 1.38. The first-order chi connectivity index (χ1) is 13.6. The maximum atomic E-state index is 12.5. The van der Waals surface area contributed by atoms with Crippen LogP contribution in [0.2, 0.25) is 0 Å². The van der Waals surface area contributed by atoms with E-state index in [-0.39, 0.29) is 11.7 Å². The van der Waals surface area contributed by atoms with Gasteiger partial charge in [0.05, 0.1) is 16.8 Å². The molecule has 144 valence electrons. The molecule has 0 radical (unpaired) electrons. The van der Waals surface area contributed by atoms with E-state index in [1.165, 1.54) is 11.8 Å². The molecule has 6 nitrogen and oxygen atoms in total. The number of aromatic nitrogens is 3. The van der Waals surface area contributed by atoms with E-state index < -0.39 is 0 Å². The van der Waals surface area contributed by atoms with Crippen LogP contribution in [0.25, 0.3) is 16.6 Å². The largest absolute Gasteiger partial charge is 0.460 e. The Labute approximate surface area is 167 Å². The molecule has 28 heavy (non-hydrogen) atoms. The van der Waals surface area contributed by atoms with Crippen LogP contribution in [-0.2, 0) is 17.6 Å². The Balaban J connectivity index is 1.58. The molecule has 7 heteroatoms. The molecule has 0 aliphatic rings. The zero-order valence-electron chi connectivity index (χ0n) is 16.2. The fourth-order valence-electron chi connectivity index (χ4n) is 3.35. The van der Waals surface area contributed by atoms with E-state index in [1.807, 2.05) is 50.2 Å². The summed E-state index contributed by atoms with van der Waals surface area (Å²) in [6.45, 7) is 6.06. The third-order valence-corrected chi connectivity index (χ3v) is 5.65. The van der Waals surface area contributed by atoms with Gasteiger partial charge in [0.15, 0.2) is 5.58 Å². The number of fused-ring (bicyclic) bond motifs is 3. The van der Waals surface area contributed by atoms with Gasteiger partial charge in [0.2, 0.25) is 5.91 Å². The number of carbonyl (C=O) groups excluding carboxylic acids is 1. The summed E-state index contributed by atoms with van der Waals surface area (Å²) in [5, 5.41) is 12.4. The number of thioether (sulfide) groups is 1. The predicted molar refractivity (Wildman–Crippen MR) is 112 cm³/mol. The van der Waals surface area contributed by atoms with Gasteiger partial charge in [0.25, 0.3) is 0 Å². The van der Waals surface area contributed by atoms with Crippen molar-refractivity contribution in [2.75, 3.05) is 11.1 Å². The first-order valence-corrected chi connectivity index (χ1v) is 10.4. The average molecular weight is 395 g/mol. The summed E-state index contributed by atoms with van der Waals surface area (Å²) in [7, 11) is 0. The number of rotatable bonds is 6. The highest BCUT2D eigenvalue weighted by Gasteiger charge is 2.17. The number of benzene rings is 1. The van der Waals surface area contributed by atoms with Gasteiger partial charge in [-0.2, -0.15) is 0 Å². The van der Waals surface area contributed by atoms with Gasteiger partial charge in [-0.05, 0) is 25.0 Å². The molecule has 3 heterocycles. The predicted octanol–water partition coefficient (Wildman–Crippen LogP) is 4.64. The van der Waals surface area contributed by atoms with E-state index in [0.717, 1.165) is 57.3 Å². The summed E-state index contributed by atoms with van der Waals surface area (Å²) in [6, 6.07) is 11.8. The van der Waals surface area contributed by atoms with Crippen LogP contribution in [0.3, 0.4) is 0 Å². The number of carbonyl (C=O) groups is 1. The Morgan fingerprint density at radius 1 is 1.14 bits per heavy atom. The normalized spacial score (nSPS) is 11.4. The van der Waals surface area contributed by atoms with Crippen molar-refractivity contribution < 1.29 is 9.21 Å². The van der Waals surface area contributed by atoms with E-state index in [9.17, 15) is 4.79 Å². The number of para-hydroxylation sites is 1. The first-order valence-electron chi connectivity index (χ1n) is 9.38. The summed E-state index contributed by atoms with van der Waals surface area (Å²) < 4.78 is 7.85. The molecule has 0 saturated heterocycles. The van der Waals surface area contributed by atoms with E-state index >= 15 is 0 Å². The van der Waals surface area contributed by atoms with Crippen molar-refractivity contribution in [2.45, 2.75) is 38.6 Å². The lowest BCUT2D eigenvalue weighted by Crippen LogP contribution is -2.15. The van der Waals surface area contributed by atoms with E-state index in [0.29, 0.717) is 0 Å². The van der Waals surface area contributed by atoms with Crippen molar-refractivity contribution in [3.8, 4) is 0 Å². The second-order valence-electron chi connectivity index (χ2n) is 6.59. The highest BCUT2D eigenvalue weighted by Crippen LogP contribution is 2.30. The van der Waals surface area contributed by atoms with Gasteiger partial charge >= 0.3 is 0 Å². The molecule has 3 aromatic heterocycles. The monoisotopic (exact) mass is 394 g/mol. The zero-order chi connectivity index (χ0) is 19.7. The summed E-state index contributed by atoms with van der Waals surface area (Å²) in [5.74, 6) is 1.94. The van der Waals surface area contributed by atoms with Crippen molar-refractivity contribution in [1.29, 1.82) is 0 Å². The number of aryl methyl sites for hydroxylation is 3. The van der Waals surface area contributed by atoms with Crippen LogP contribution in [0.4, 0.5) is 5.69 Å². The van der Waals surface area contributed by atoms with Gasteiger partial charge in [0.1, 0.15) is 16.6 Å². The summed E-state index contributed by atoms with van der Waals surface area (Å²) in [6.07, 6.45) is 1.63. The number of furan rings is 1. The minimum absolute atomic E-state index is 0.0588. The minimum Gasteiger partial charge on any atom is -0.460 e. The summed E-state index contributed by atoms with van der Waals surface area (Å²) in [4.78, 5) is 12.5. The van der Waals surface area contributed by atoms with Crippen LogP contribution in [-0.4, -0.2) is 26.3 Å². The number of hydrogen-bond donors (Lipinski definition) is 1. The lowest BCUT2D eigenvalue weighted by molar-refractivity contribution is -0.113. The molecule has 4 aromatic rings. The minimum atomic E-state index is -0.0588. The molecular weight excluding hydrogens is 372 g/mol. The molecule has 0 aliphatic carbocycles. The Hall–Kier alpha value is -2.80. The lowest BCUT2D eigenvalue weighted by Gasteiger charge is -2.10. The average Bonchev–Trinajstić information content (AvgIpc) is 3.23. The van der Waals surface area contributed by atoms with Gasteiger partial charge in [0, 0.05) is 24.2 Å². The molecule has 0 saturated carbocycles. The van der Waals surface area contributed by atoms with Gasteiger partial charge in [-0.1, -0.05) is 43.8 Å². The Morgan fingerprint density at radius 2 is 1.96 bits per heavy atom. The van der Waals surface area contributed by atoms with Crippen LogP contribution in [0, 0.1) is 6.92 Å².